The summed E-state index contributed by atoms with van der Waals surface area (Å²) in [5.41, 5.74) is 1.09. The molecule has 0 saturated heterocycles. The Morgan fingerprint density at radius 1 is 1.29 bits per heavy atom. The van der Waals surface area contributed by atoms with Crippen molar-refractivity contribution in [1.82, 2.24) is 9.97 Å². The summed E-state index contributed by atoms with van der Waals surface area (Å²) in [7, 11) is 0. The zero-order valence-corrected chi connectivity index (χ0v) is 11.4. The Hall–Kier alpha value is -0.830. The monoisotopic (exact) mass is 253 g/mol. The first-order valence-electron chi connectivity index (χ1n) is 6.53. The minimum absolute atomic E-state index is 0.606. The number of anilines is 1. The highest BCUT2D eigenvalue weighted by atomic mass is 35.5. The summed E-state index contributed by atoms with van der Waals surface area (Å²) in [6, 6.07) is 0.635. The van der Waals surface area contributed by atoms with E-state index in [1.165, 1.54) is 25.7 Å². The minimum Gasteiger partial charge on any atom is -0.354 e. The highest BCUT2D eigenvalue weighted by Crippen LogP contribution is 2.30. The number of hydrogen-bond acceptors (Lipinski definition) is 3. The Bertz CT molecular complexity index is 375. The number of aromatic nitrogens is 2. The summed E-state index contributed by atoms with van der Waals surface area (Å²) >= 11 is 6.16. The molecule has 4 heteroatoms. The van der Waals surface area contributed by atoms with E-state index in [9.17, 15) is 0 Å². The third-order valence-electron chi connectivity index (χ3n) is 3.60. The third-order valence-corrected chi connectivity index (χ3v) is 3.93. The van der Waals surface area contributed by atoms with E-state index in [1.807, 2.05) is 0 Å². The van der Waals surface area contributed by atoms with Crippen molar-refractivity contribution in [2.24, 2.45) is 0 Å². The average molecular weight is 254 g/mol. The molecule has 0 unspecified atom stereocenters. The first kappa shape index (κ1) is 12.6. The maximum Gasteiger partial charge on any atom is 0.137 e. The number of nitrogens with zero attached hydrogens (tertiary/aromatic N) is 3. The van der Waals surface area contributed by atoms with Crippen molar-refractivity contribution in [3.63, 3.8) is 0 Å². The SMILES string of the molecule is CCc1c(Cl)ncnc1N(CC)C1CCCC1. The van der Waals surface area contributed by atoms with E-state index in [0.29, 0.717) is 11.2 Å². The quantitative estimate of drug-likeness (QED) is 0.770. The maximum atomic E-state index is 6.16. The van der Waals surface area contributed by atoms with Crippen LogP contribution < -0.4 is 4.90 Å². The second-order valence-corrected chi connectivity index (χ2v) is 4.90. The van der Waals surface area contributed by atoms with Crippen molar-refractivity contribution >= 4 is 17.4 Å². The molecule has 0 bridgehead atoms. The van der Waals surface area contributed by atoms with Gasteiger partial charge < -0.3 is 4.90 Å². The van der Waals surface area contributed by atoms with E-state index in [1.54, 1.807) is 6.33 Å². The summed E-state index contributed by atoms with van der Waals surface area (Å²) in [6.45, 7) is 5.29. The zero-order valence-electron chi connectivity index (χ0n) is 10.6. The molecule has 1 aromatic heterocycles. The van der Waals surface area contributed by atoms with Gasteiger partial charge in [0.15, 0.2) is 0 Å². The predicted octanol–water partition coefficient (Wildman–Crippen LogP) is 3.46. The lowest BCUT2D eigenvalue weighted by atomic mass is 10.1. The van der Waals surface area contributed by atoms with Crippen molar-refractivity contribution in [3.8, 4) is 0 Å². The van der Waals surface area contributed by atoms with Gasteiger partial charge in [-0.1, -0.05) is 31.4 Å². The van der Waals surface area contributed by atoms with Crippen LogP contribution in [0.1, 0.15) is 45.1 Å². The fraction of sp³-hybridized carbons (Fsp3) is 0.692. The van der Waals surface area contributed by atoms with Gasteiger partial charge >= 0.3 is 0 Å². The van der Waals surface area contributed by atoms with Gasteiger partial charge in [0.25, 0.3) is 0 Å². The normalized spacial score (nSPS) is 16.4. The number of hydrogen-bond donors (Lipinski definition) is 0. The van der Waals surface area contributed by atoms with Crippen LogP contribution in [0.4, 0.5) is 5.82 Å². The molecule has 17 heavy (non-hydrogen) atoms. The van der Waals surface area contributed by atoms with Crippen LogP contribution in [0.2, 0.25) is 5.15 Å². The van der Waals surface area contributed by atoms with E-state index >= 15 is 0 Å². The number of halogens is 1. The van der Waals surface area contributed by atoms with Gasteiger partial charge in [-0.25, -0.2) is 9.97 Å². The molecule has 1 saturated carbocycles. The molecule has 1 aliphatic carbocycles. The molecular weight excluding hydrogens is 234 g/mol. The number of rotatable bonds is 4. The molecule has 0 radical (unpaired) electrons. The van der Waals surface area contributed by atoms with E-state index in [0.717, 1.165) is 24.3 Å². The molecule has 1 aromatic rings. The molecule has 94 valence electrons. The Morgan fingerprint density at radius 2 is 2.00 bits per heavy atom. The molecule has 0 aromatic carbocycles. The Labute approximate surface area is 108 Å². The highest BCUT2D eigenvalue weighted by molar-refractivity contribution is 6.30. The predicted molar refractivity (Wildman–Crippen MR) is 71.7 cm³/mol. The van der Waals surface area contributed by atoms with Gasteiger partial charge in [-0.3, -0.25) is 0 Å². The largest absolute Gasteiger partial charge is 0.354 e. The van der Waals surface area contributed by atoms with Crippen LogP contribution in [0.25, 0.3) is 0 Å². The zero-order chi connectivity index (χ0) is 12.3. The molecule has 1 fully saturated rings. The minimum atomic E-state index is 0.606. The summed E-state index contributed by atoms with van der Waals surface area (Å²) < 4.78 is 0. The van der Waals surface area contributed by atoms with Crippen molar-refractivity contribution in [2.45, 2.75) is 52.0 Å². The second-order valence-electron chi connectivity index (χ2n) is 4.54. The Morgan fingerprint density at radius 3 is 2.59 bits per heavy atom. The summed E-state index contributed by atoms with van der Waals surface area (Å²) in [5, 5.41) is 0.606. The molecule has 0 aliphatic heterocycles. The smallest absolute Gasteiger partial charge is 0.137 e. The van der Waals surface area contributed by atoms with Crippen molar-refractivity contribution < 1.29 is 0 Å². The van der Waals surface area contributed by atoms with E-state index < -0.39 is 0 Å². The molecule has 0 spiro atoms. The Balaban J connectivity index is 2.32. The molecule has 0 amide bonds. The fourth-order valence-electron chi connectivity index (χ4n) is 2.73. The van der Waals surface area contributed by atoms with Gasteiger partial charge in [0.2, 0.25) is 0 Å². The molecule has 3 nitrogen and oxygen atoms in total. The molecule has 0 N–H and O–H groups in total. The van der Waals surface area contributed by atoms with Crippen LogP contribution in [-0.4, -0.2) is 22.6 Å². The van der Waals surface area contributed by atoms with Crippen LogP contribution in [0.5, 0.6) is 0 Å². The first-order valence-corrected chi connectivity index (χ1v) is 6.91. The molecular formula is C13H20ClN3. The van der Waals surface area contributed by atoms with Gasteiger partial charge in [-0.05, 0) is 26.2 Å². The summed E-state index contributed by atoms with van der Waals surface area (Å²) in [5.74, 6) is 1.04. The van der Waals surface area contributed by atoms with E-state index in [-0.39, 0.29) is 0 Å². The second kappa shape index (κ2) is 5.67. The fourth-order valence-corrected chi connectivity index (χ4v) is 2.99. The van der Waals surface area contributed by atoms with E-state index in [4.69, 9.17) is 11.6 Å². The van der Waals surface area contributed by atoms with Crippen LogP contribution >= 0.6 is 11.6 Å². The lowest BCUT2D eigenvalue weighted by Gasteiger charge is -2.30. The van der Waals surface area contributed by atoms with Crippen molar-refractivity contribution in [1.29, 1.82) is 0 Å². The van der Waals surface area contributed by atoms with E-state index in [2.05, 4.69) is 28.7 Å². The lowest BCUT2D eigenvalue weighted by Crippen LogP contribution is -2.34. The van der Waals surface area contributed by atoms with Gasteiger partial charge in [-0.2, -0.15) is 0 Å². The molecule has 1 heterocycles. The van der Waals surface area contributed by atoms with Crippen LogP contribution in [0.3, 0.4) is 0 Å². The van der Waals surface area contributed by atoms with Gasteiger partial charge in [-0.15, -0.1) is 0 Å². The van der Waals surface area contributed by atoms with Crippen molar-refractivity contribution in [2.75, 3.05) is 11.4 Å². The van der Waals surface area contributed by atoms with Gasteiger partial charge in [0.1, 0.15) is 17.3 Å². The standard InChI is InChI=1S/C13H20ClN3/c1-3-11-12(14)15-9-16-13(11)17(4-2)10-7-5-6-8-10/h9-10H,3-8H2,1-2H3. The van der Waals surface area contributed by atoms with Crippen LogP contribution in [0.15, 0.2) is 6.33 Å². The highest BCUT2D eigenvalue weighted by Gasteiger charge is 2.24. The van der Waals surface area contributed by atoms with Gasteiger partial charge in [0, 0.05) is 18.2 Å². The summed E-state index contributed by atoms with van der Waals surface area (Å²) in [4.78, 5) is 10.9. The average Bonchev–Trinajstić information content (AvgIpc) is 2.84. The van der Waals surface area contributed by atoms with Crippen molar-refractivity contribution in [3.05, 3.63) is 17.0 Å². The maximum absolute atomic E-state index is 6.16. The molecule has 2 rings (SSSR count). The molecule has 1 aliphatic rings. The van der Waals surface area contributed by atoms with Gasteiger partial charge in [0.05, 0.1) is 0 Å². The third kappa shape index (κ3) is 2.54. The Kier molecular flexibility index (Phi) is 4.21. The van der Waals surface area contributed by atoms with Crippen LogP contribution in [-0.2, 0) is 6.42 Å². The molecule has 0 atom stereocenters. The topological polar surface area (TPSA) is 29.0 Å². The lowest BCUT2D eigenvalue weighted by molar-refractivity contribution is 0.609. The summed E-state index contributed by atoms with van der Waals surface area (Å²) in [6.07, 6.45) is 7.69. The first-order chi connectivity index (χ1) is 8.27. The van der Waals surface area contributed by atoms with Crippen LogP contribution in [0, 0.1) is 0 Å².